The van der Waals surface area contributed by atoms with Gasteiger partial charge in [0.2, 0.25) is 11.8 Å². The number of nitrogens with zero attached hydrogens (tertiary/aromatic N) is 4. The van der Waals surface area contributed by atoms with E-state index >= 15 is 0 Å². The van der Waals surface area contributed by atoms with Crippen molar-refractivity contribution >= 4 is 23.3 Å². The lowest BCUT2D eigenvalue weighted by atomic mass is 10.0. The lowest BCUT2D eigenvalue weighted by Crippen LogP contribution is -2.54. The van der Waals surface area contributed by atoms with Crippen molar-refractivity contribution in [1.82, 2.24) is 14.9 Å². The number of hydrogen-bond acceptors (Lipinski definition) is 5. The van der Waals surface area contributed by atoms with E-state index in [4.69, 9.17) is 16.3 Å². The second kappa shape index (κ2) is 9.86. The molecule has 1 unspecified atom stereocenters. The van der Waals surface area contributed by atoms with E-state index in [9.17, 15) is 4.79 Å². The molecule has 0 bridgehead atoms. The normalized spacial score (nSPS) is 19.6. The number of carbonyl (C=O) groups is 1. The average Bonchev–Trinajstić information content (AvgIpc) is 3.28. The summed E-state index contributed by atoms with van der Waals surface area (Å²) >= 11 is 6.09. The molecule has 0 N–H and O–H groups in total. The van der Waals surface area contributed by atoms with E-state index in [2.05, 4.69) is 21.8 Å². The van der Waals surface area contributed by atoms with Crippen LogP contribution in [0.2, 0.25) is 5.02 Å². The zero-order chi connectivity index (χ0) is 21.8. The molecule has 1 amide bonds. The summed E-state index contributed by atoms with van der Waals surface area (Å²) in [6.07, 6.45) is 8.50. The molecule has 166 valence electrons. The van der Waals surface area contributed by atoms with Crippen LogP contribution in [0.1, 0.15) is 51.0 Å². The van der Waals surface area contributed by atoms with Crippen molar-refractivity contribution in [3.8, 4) is 11.6 Å². The van der Waals surface area contributed by atoms with Crippen molar-refractivity contribution < 1.29 is 9.53 Å². The SMILES string of the molecule is Cc1cc(Oc2cc(N3CCN(C(=O)CCC4CCCC4)C(C)C3)ncn2)ccc1Cl. The Balaban J connectivity index is 1.34. The number of halogens is 1. The fraction of sp³-hybridized carbons (Fsp3) is 0.542. The van der Waals surface area contributed by atoms with Gasteiger partial charge in [0.25, 0.3) is 0 Å². The Kier molecular flexibility index (Phi) is 6.96. The van der Waals surface area contributed by atoms with Crippen LogP contribution in [-0.2, 0) is 4.79 Å². The summed E-state index contributed by atoms with van der Waals surface area (Å²) in [5, 5.41) is 0.709. The largest absolute Gasteiger partial charge is 0.439 e. The van der Waals surface area contributed by atoms with Gasteiger partial charge in [0.15, 0.2) is 0 Å². The summed E-state index contributed by atoms with van der Waals surface area (Å²) in [6, 6.07) is 7.55. The summed E-state index contributed by atoms with van der Waals surface area (Å²) < 4.78 is 5.91. The molecule has 4 rings (SSSR count). The molecule has 1 aliphatic heterocycles. The highest BCUT2D eigenvalue weighted by Crippen LogP contribution is 2.30. The molecule has 7 heteroatoms. The molecule has 1 saturated carbocycles. The molecule has 1 aliphatic carbocycles. The van der Waals surface area contributed by atoms with Crippen LogP contribution in [0, 0.1) is 12.8 Å². The van der Waals surface area contributed by atoms with Gasteiger partial charge in [-0.3, -0.25) is 4.79 Å². The smallest absolute Gasteiger partial charge is 0.224 e. The van der Waals surface area contributed by atoms with Crippen molar-refractivity contribution in [3.63, 3.8) is 0 Å². The maximum atomic E-state index is 12.8. The number of rotatable bonds is 6. The molecule has 2 aliphatic rings. The van der Waals surface area contributed by atoms with Gasteiger partial charge < -0.3 is 14.5 Å². The first-order valence-electron chi connectivity index (χ1n) is 11.3. The third-order valence-corrected chi connectivity index (χ3v) is 6.92. The van der Waals surface area contributed by atoms with Crippen molar-refractivity contribution in [2.24, 2.45) is 5.92 Å². The van der Waals surface area contributed by atoms with Crippen molar-refractivity contribution in [1.29, 1.82) is 0 Å². The molecule has 0 spiro atoms. The Labute approximate surface area is 189 Å². The summed E-state index contributed by atoms with van der Waals surface area (Å²) in [5.41, 5.74) is 0.955. The molecule has 6 nitrogen and oxygen atoms in total. The quantitative estimate of drug-likeness (QED) is 0.612. The Morgan fingerprint density at radius 1 is 1.19 bits per heavy atom. The average molecular weight is 443 g/mol. The molecule has 0 radical (unpaired) electrons. The molecular formula is C24H31ClN4O2. The lowest BCUT2D eigenvalue weighted by molar-refractivity contribution is -0.133. The van der Waals surface area contributed by atoms with Crippen molar-refractivity contribution in [2.75, 3.05) is 24.5 Å². The first kappa shape index (κ1) is 21.9. The Bertz CT molecular complexity index is 916. The van der Waals surface area contributed by atoms with E-state index in [1.54, 1.807) is 0 Å². The van der Waals surface area contributed by atoms with Gasteiger partial charge in [0.05, 0.1) is 0 Å². The number of aromatic nitrogens is 2. The fourth-order valence-corrected chi connectivity index (χ4v) is 4.78. The lowest BCUT2D eigenvalue weighted by Gasteiger charge is -2.40. The zero-order valence-corrected chi connectivity index (χ0v) is 19.1. The highest BCUT2D eigenvalue weighted by atomic mass is 35.5. The van der Waals surface area contributed by atoms with E-state index in [1.165, 1.54) is 32.0 Å². The summed E-state index contributed by atoms with van der Waals surface area (Å²) in [7, 11) is 0. The highest BCUT2D eigenvalue weighted by molar-refractivity contribution is 6.31. The van der Waals surface area contributed by atoms with E-state index < -0.39 is 0 Å². The molecule has 1 atom stereocenters. The van der Waals surface area contributed by atoms with Crippen LogP contribution in [-0.4, -0.2) is 46.5 Å². The van der Waals surface area contributed by atoms with Gasteiger partial charge in [-0.15, -0.1) is 0 Å². The minimum absolute atomic E-state index is 0.156. The number of anilines is 1. The zero-order valence-electron chi connectivity index (χ0n) is 18.4. The van der Waals surface area contributed by atoms with Gasteiger partial charge in [0.1, 0.15) is 17.9 Å². The number of ether oxygens (including phenoxy) is 1. The molecule has 2 aromatic rings. The van der Waals surface area contributed by atoms with Gasteiger partial charge in [-0.2, -0.15) is 0 Å². The van der Waals surface area contributed by atoms with Crippen LogP contribution < -0.4 is 9.64 Å². The minimum Gasteiger partial charge on any atom is -0.439 e. The second-order valence-electron chi connectivity index (χ2n) is 8.80. The van der Waals surface area contributed by atoms with E-state index in [0.29, 0.717) is 29.0 Å². The summed E-state index contributed by atoms with van der Waals surface area (Å²) in [4.78, 5) is 25.7. The molecule has 1 saturated heterocycles. The van der Waals surface area contributed by atoms with Crippen LogP contribution in [0.15, 0.2) is 30.6 Å². The Hall–Kier alpha value is -2.34. The van der Waals surface area contributed by atoms with Crippen molar-refractivity contribution in [3.05, 3.63) is 41.2 Å². The number of piperazine rings is 1. The predicted molar refractivity (Wildman–Crippen MR) is 123 cm³/mol. The van der Waals surface area contributed by atoms with Gasteiger partial charge in [-0.1, -0.05) is 37.3 Å². The molecule has 2 heterocycles. The van der Waals surface area contributed by atoms with Gasteiger partial charge in [-0.25, -0.2) is 9.97 Å². The standard InChI is InChI=1S/C24H31ClN4O2/c1-17-13-20(8-9-21(17)25)31-23-14-22(26-16-27-23)28-11-12-29(18(2)15-28)24(30)10-7-19-5-3-4-6-19/h8-9,13-14,16,18-19H,3-7,10-12,15H2,1-2H3. The molecule has 2 fully saturated rings. The van der Waals surface area contributed by atoms with Gasteiger partial charge in [0, 0.05) is 43.2 Å². The molecule has 31 heavy (non-hydrogen) atoms. The van der Waals surface area contributed by atoms with E-state index in [0.717, 1.165) is 43.4 Å². The fourth-order valence-electron chi connectivity index (χ4n) is 4.67. The van der Waals surface area contributed by atoms with Crippen LogP contribution in [0.5, 0.6) is 11.6 Å². The summed E-state index contributed by atoms with van der Waals surface area (Å²) in [5.74, 6) is 3.06. The first-order chi connectivity index (χ1) is 15.0. The third-order valence-electron chi connectivity index (χ3n) is 6.49. The number of aryl methyl sites for hydroxylation is 1. The third kappa shape index (κ3) is 5.48. The van der Waals surface area contributed by atoms with E-state index in [1.807, 2.05) is 36.1 Å². The monoisotopic (exact) mass is 442 g/mol. The Morgan fingerprint density at radius 3 is 2.74 bits per heavy atom. The maximum Gasteiger partial charge on any atom is 0.224 e. The second-order valence-corrected chi connectivity index (χ2v) is 9.21. The highest BCUT2D eigenvalue weighted by Gasteiger charge is 2.28. The number of benzene rings is 1. The van der Waals surface area contributed by atoms with Crippen molar-refractivity contribution in [2.45, 2.75) is 58.4 Å². The number of amides is 1. The van der Waals surface area contributed by atoms with Gasteiger partial charge in [-0.05, 0) is 49.9 Å². The first-order valence-corrected chi connectivity index (χ1v) is 11.7. The van der Waals surface area contributed by atoms with Crippen LogP contribution in [0.25, 0.3) is 0 Å². The predicted octanol–water partition coefficient (Wildman–Crippen LogP) is 5.24. The molecule has 1 aromatic heterocycles. The Morgan fingerprint density at radius 2 is 2.00 bits per heavy atom. The topological polar surface area (TPSA) is 58.6 Å². The molecule has 1 aromatic carbocycles. The minimum atomic E-state index is 0.156. The van der Waals surface area contributed by atoms with Crippen LogP contribution >= 0.6 is 11.6 Å². The number of hydrogen-bond donors (Lipinski definition) is 0. The van der Waals surface area contributed by atoms with Gasteiger partial charge >= 0.3 is 0 Å². The molecular weight excluding hydrogens is 412 g/mol. The van der Waals surface area contributed by atoms with E-state index in [-0.39, 0.29) is 6.04 Å². The number of carbonyl (C=O) groups excluding carboxylic acids is 1. The van der Waals surface area contributed by atoms with Crippen LogP contribution in [0.3, 0.4) is 0 Å². The van der Waals surface area contributed by atoms with Crippen LogP contribution in [0.4, 0.5) is 5.82 Å². The summed E-state index contributed by atoms with van der Waals surface area (Å²) in [6.45, 7) is 6.30. The maximum absolute atomic E-state index is 12.8.